The molecule has 2 atom stereocenters. The lowest BCUT2D eigenvalue weighted by Crippen LogP contribution is -2.66. The van der Waals surface area contributed by atoms with E-state index in [0.717, 1.165) is 71.3 Å². The minimum Gasteiger partial charge on any atom is -0.487 e. The van der Waals surface area contributed by atoms with Gasteiger partial charge in [-0.05, 0) is 56.2 Å². The van der Waals surface area contributed by atoms with Gasteiger partial charge in [0.2, 0.25) is 5.91 Å². The van der Waals surface area contributed by atoms with E-state index < -0.39 is 0 Å². The molecule has 1 spiro atoms. The third-order valence-electron chi connectivity index (χ3n) is 9.89. The number of urea groups is 1. The normalized spacial score (nSPS) is 21.6. The number of aromatic nitrogens is 5. The fraction of sp³-hybridized carbons (Fsp3) is 0.371. The lowest BCUT2D eigenvalue weighted by atomic mass is 9.77. The van der Waals surface area contributed by atoms with Gasteiger partial charge in [-0.3, -0.25) is 19.6 Å². The highest BCUT2D eigenvalue weighted by atomic mass is 16.5. The SMILES string of the molecule is Cc1cc(N2CC(=O)N(C)C2=O)c2nc(COc3ccc4c(N5CC6(COC6)C5)cc([C@H]5C[C@@H]5c5nccc(C)n5)nc4c3)cn2c1. The number of benzene rings is 1. The van der Waals surface area contributed by atoms with Crippen LogP contribution in [-0.4, -0.2) is 81.1 Å². The van der Waals surface area contributed by atoms with Crippen LogP contribution < -0.4 is 14.5 Å². The summed E-state index contributed by atoms with van der Waals surface area (Å²) >= 11 is 0. The average Bonchev–Trinajstić information content (AvgIpc) is 3.65. The number of hydrogen-bond donors (Lipinski definition) is 0. The number of imide groups is 1. The molecular weight excluding hydrogens is 596 g/mol. The first kappa shape index (κ1) is 28.1. The van der Waals surface area contributed by atoms with Crippen LogP contribution >= 0.6 is 0 Å². The van der Waals surface area contributed by atoms with Crippen molar-refractivity contribution in [2.45, 2.75) is 38.7 Å². The van der Waals surface area contributed by atoms with Gasteiger partial charge in [-0.2, -0.15) is 0 Å². The molecule has 4 aliphatic rings. The van der Waals surface area contributed by atoms with E-state index >= 15 is 0 Å². The van der Waals surface area contributed by atoms with Crippen LogP contribution in [0.2, 0.25) is 0 Å². The first-order valence-corrected chi connectivity index (χ1v) is 16.0. The van der Waals surface area contributed by atoms with Gasteiger partial charge in [0.1, 0.15) is 24.7 Å². The van der Waals surface area contributed by atoms with Crippen LogP contribution in [0.4, 0.5) is 16.2 Å². The van der Waals surface area contributed by atoms with Gasteiger partial charge in [0, 0.05) is 79.1 Å². The molecule has 12 heteroatoms. The largest absolute Gasteiger partial charge is 0.487 e. The van der Waals surface area contributed by atoms with Crippen molar-refractivity contribution in [2.75, 3.05) is 49.7 Å². The number of ether oxygens (including phenoxy) is 2. The summed E-state index contributed by atoms with van der Waals surface area (Å²) in [5, 5.41) is 1.10. The number of carbonyl (C=O) groups excluding carboxylic acids is 2. The van der Waals surface area contributed by atoms with Crippen LogP contribution in [0.15, 0.2) is 55.0 Å². The minimum atomic E-state index is -0.357. The lowest BCUT2D eigenvalue weighted by molar-refractivity contribution is -0.126. The number of nitrogens with zero attached hydrogens (tertiary/aromatic N) is 8. The molecule has 1 aliphatic carbocycles. The Labute approximate surface area is 271 Å². The van der Waals surface area contributed by atoms with Crippen LogP contribution in [0.25, 0.3) is 16.6 Å². The molecule has 5 aromatic rings. The summed E-state index contributed by atoms with van der Waals surface area (Å²) in [5.74, 6) is 1.90. The summed E-state index contributed by atoms with van der Waals surface area (Å²) in [7, 11) is 1.50. The number of rotatable bonds is 7. The molecule has 0 N–H and O–H groups in total. The molecule has 4 fully saturated rings. The zero-order chi connectivity index (χ0) is 32.0. The highest BCUT2D eigenvalue weighted by Gasteiger charge is 2.50. The van der Waals surface area contributed by atoms with Gasteiger partial charge < -0.3 is 18.8 Å². The fourth-order valence-electron chi connectivity index (χ4n) is 7.19. The Balaban J connectivity index is 1.00. The molecule has 0 unspecified atom stereocenters. The Morgan fingerprint density at radius 3 is 2.57 bits per heavy atom. The molecule has 3 saturated heterocycles. The second kappa shape index (κ2) is 10.2. The molecule has 1 saturated carbocycles. The van der Waals surface area contributed by atoms with Crippen LogP contribution in [0.1, 0.15) is 46.7 Å². The van der Waals surface area contributed by atoms with Crippen molar-refractivity contribution in [1.82, 2.24) is 29.2 Å². The first-order chi connectivity index (χ1) is 22.7. The topological polar surface area (TPSA) is 118 Å². The molecule has 238 valence electrons. The second-order valence-corrected chi connectivity index (χ2v) is 13.6. The smallest absolute Gasteiger partial charge is 0.331 e. The summed E-state index contributed by atoms with van der Waals surface area (Å²) in [6.07, 6.45) is 6.68. The number of hydrogen-bond acceptors (Lipinski definition) is 9. The maximum Gasteiger partial charge on any atom is 0.331 e. The number of anilines is 2. The second-order valence-electron chi connectivity index (χ2n) is 13.6. The zero-order valence-corrected chi connectivity index (χ0v) is 26.5. The molecule has 7 heterocycles. The number of likely N-dealkylation sites (N-methyl/N-ethyl adjacent to an activating group) is 1. The molecule has 0 bridgehead atoms. The maximum atomic E-state index is 12.8. The van der Waals surface area contributed by atoms with Crippen LogP contribution in [-0.2, 0) is 16.1 Å². The Hall–Kier alpha value is -5.10. The Morgan fingerprint density at radius 2 is 1.83 bits per heavy atom. The van der Waals surface area contributed by atoms with Crippen LogP contribution in [0.3, 0.4) is 0 Å². The Morgan fingerprint density at radius 1 is 0.979 bits per heavy atom. The number of aryl methyl sites for hydroxylation is 2. The molecule has 47 heavy (non-hydrogen) atoms. The summed E-state index contributed by atoms with van der Waals surface area (Å²) in [6, 6.07) is 11.8. The van der Waals surface area contributed by atoms with E-state index in [1.54, 1.807) is 0 Å². The maximum absolute atomic E-state index is 12.8. The van der Waals surface area contributed by atoms with Gasteiger partial charge in [-0.25, -0.2) is 19.7 Å². The van der Waals surface area contributed by atoms with Crippen molar-refractivity contribution in [2.24, 2.45) is 5.41 Å². The third kappa shape index (κ3) is 4.69. The van der Waals surface area contributed by atoms with E-state index in [1.165, 1.54) is 17.6 Å². The summed E-state index contributed by atoms with van der Waals surface area (Å²) in [6.45, 7) is 7.82. The van der Waals surface area contributed by atoms with E-state index in [0.29, 0.717) is 22.8 Å². The molecule has 0 radical (unpaired) electrons. The lowest BCUT2D eigenvalue weighted by Gasteiger charge is -2.56. The van der Waals surface area contributed by atoms with Gasteiger partial charge in [-0.1, -0.05) is 0 Å². The van der Waals surface area contributed by atoms with Gasteiger partial charge in [0.05, 0.1) is 35.5 Å². The minimum absolute atomic E-state index is 0.00693. The Kier molecular flexibility index (Phi) is 6.11. The van der Waals surface area contributed by atoms with Crippen molar-refractivity contribution in [3.63, 3.8) is 0 Å². The molecule has 3 aliphatic heterocycles. The van der Waals surface area contributed by atoms with Gasteiger partial charge >= 0.3 is 6.03 Å². The number of carbonyl (C=O) groups is 2. The third-order valence-corrected chi connectivity index (χ3v) is 9.89. The molecule has 1 aromatic carbocycles. The molecule has 4 aromatic heterocycles. The predicted molar refractivity (Wildman–Crippen MR) is 174 cm³/mol. The van der Waals surface area contributed by atoms with Gasteiger partial charge in [0.15, 0.2) is 5.65 Å². The van der Waals surface area contributed by atoms with E-state index in [9.17, 15) is 9.59 Å². The van der Waals surface area contributed by atoms with Gasteiger partial charge in [0.25, 0.3) is 0 Å². The highest BCUT2D eigenvalue weighted by Crippen LogP contribution is 2.54. The molecular formula is C35H34N8O4. The Bertz CT molecular complexity index is 2120. The quantitative estimate of drug-likeness (QED) is 0.242. The summed E-state index contributed by atoms with van der Waals surface area (Å²) < 4.78 is 13.7. The highest BCUT2D eigenvalue weighted by molar-refractivity contribution is 6.13. The zero-order valence-electron chi connectivity index (χ0n) is 26.5. The monoisotopic (exact) mass is 630 g/mol. The van der Waals surface area contributed by atoms with Crippen molar-refractivity contribution in [3.8, 4) is 5.75 Å². The summed E-state index contributed by atoms with van der Waals surface area (Å²) in [4.78, 5) is 49.3. The molecule has 3 amide bonds. The van der Waals surface area contributed by atoms with Crippen molar-refractivity contribution >= 4 is 39.9 Å². The van der Waals surface area contributed by atoms with Crippen molar-refractivity contribution < 1.29 is 19.1 Å². The van der Waals surface area contributed by atoms with Crippen LogP contribution in [0, 0.1) is 19.3 Å². The number of amides is 3. The average molecular weight is 631 g/mol. The fourth-order valence-corrected chi connectivity index (χ4v) is 7.19. The van der Waals surface area contributed by atoms with Crippen molar-refractivity contribution in [3.05, 3.63) is 83.5 Å². The number of imidazole rings is 1. The van der Waals surface area contributed by atoms with Crippen molar-refractivity contribution in [1.29, 1.82) is 0 Å². The number of fused-ring (bicyclic) bond motifs is 2. The van der Waals surface area contributed by atoms with E-state index in [4.69, 9.17) is 24.4 Å². The van der Waals surface area contributed by atoms with E-state index in [2.05, 4.69) is 22.0 Å². The first-order valence-electron chi connectivity index (χ1n) is 16.0. The predicted octanol–water partition coefficient (Wildman–Crippen LogP) is 4.37. The van der Waals surface area contributed by atoms with E-state index in [-0.39, 0.29) is 42.3 Å². The number of pyridine rings is 2. The van der Waals surface area contributed by atoms with Gasteiger partial charge in [-0.15, -0.1) is 0 Å². The molecule has 12 nitrogen and oxygen atoms in total. The standard InChI is InChI=1S/C35H34N8O4/c1-20-8-30(43-14-31(44)40(3)34(43)45)33-38-22(13-41(33)12-20)15-47-23-4-5-24-27(9-23)39-28(11-29(24)42-16-35(17-42)18-46-19-35)25-10-26(25)32-36-7-6-21(2)37-32/h4-9,11-13,25-26H,10,14-19H2,1-3H3/t25-,26-/m0/s1. The van der Waals surface area contributed by atoms with E-state index in [1.807, 2.05) is 61.1 Å². The molecule has 9 rings (SSSR count). The summed E-state index contributed by atoms with van der Waals surface area (Å²) in [5.41, 5.74) is 7.28. The van der Waals surface area contributed by atoms with Crippen LogP contribution in [0.5, 0.6) is 5.75 Å².